The molecule has 0 unspecified atom stereocenters. The number of nitrogen functional groups attached to an aromatic ring is 2. The van der Waals surface area contributed by atoms with Gasteiger partial charge in [0.25, 0.3) is 0 Å². The van der Waals surface area contributed by atoms with E-state index in [2.05, 4.69) is 9.97 Å². The van der Waals surface area contributed by atoms with Crippen LogP contribution in [0.1, 0.15) is 11.1 Å². The minimum Gasteiger partial charge on any atom is -0.507 e. The number of anilines is 2. The molecule has 0 saturated heterocycles. The van der Waals surface area contributed by atoms with Crippen LogP contribution in [0, 0.1) is 0 Å². The number of aromatic nitrogens is 2. The molecule has 0 bridgehead atoms. The standard InChI is InChI=1S/C22H14F6N4O/c23-21(24,25)11-7-10(8-12(9-11)22(26,27)28)18-17(29)19(32-20(30)31-18)15-5-6-16(33)14-4-2-1-3-13(14)15/h1-9,33H,29H2,(H2,30,31,32). The lowest BCUT2D eigenvalue weighted by molar-refractivity contribution is -0.143. The van der Waals surface area contributed by atoms with E-state index in [4.69, 9.17) is 11.5 Å². The third-order valence-electron chi connectivity index (χ3n) is 4.98. The third-order valence-corrected chi connectivity index (χ3v) is 4.98. The summed E-state index contributed by atoms with van der Waals surface area (Å²) in [5.41, 5.74) is 8.07. The summed E-state index contributed by atoms with van der Waals surface area (Å²) in [6.07, 6.45) is -10.1. The van der Waals surface area contributed by atoms with Gasteiger partial charge in [0.15, 0.2) is 0 Å². The Balaban J connectivity index is 2.01. The summed E-state index contributed by atoms with van der Waals surface area (Å²) in [6, 6.07) is 10.5. The summed E-state index contributed by atoms with van der Waals surface area (Å²) in [6.45, 7) is 0. The van der Waals surface area contributed by atoms with Gasteiger partial charge in [-0.1, -0.05) is 24.3 Å². The highest BCUT2D eigenvalue weighted by Gasteiger charge is 2.37. The first-order chi connectivity index (χ1) is 15.4. The largest absolute Gasteiger partial charge is 0.507 e. The fraction of sp³-hybridized carbons (Fsp3) is 0.0909. The minimum absolute atomic E-state index is 0.000305. The molecule has 0 aliphatic carbocycles. The Kier molecular flexibility index (Phi) is 5.07. The van der Waals surface area contributed by atoms with Crippen molar-refractivity contribution in [3.05, 3.63) is 65.7 Å². The lowest BCUT2D eigenvalue weighted by atomic mass is 9.97. The van der Waals surface area contributed by atoms with E-state index < -0.39 is 35.0 Å². The van der Waals surface area contributed by atoms with Crippen molar-refractivity contribution in [1.29, 1.82) is 0 Å². The van der Waals surface area contributed by atoms with Gasteiger partial charge in [0.05, 0.1) is 22.5 Å². The zero-order valence-electron chi connectivity index (χ0n) is 16.5. The molecule has 5 N–H and O–H groups in total. The molecule has 0 saturated carbocycles. The van der Waals surface area contributed by atoms with Gasteiger partial charge < -0.3 is 16.6 Å². The SMILES string of the molecule is Nc1nc(-c2cc(C(F)(F)F)cc(C(F)(F)F)c2)c(N)c(-c2ccc(O)c3ccccc23)n1. The van der Waals surface area contributed by atoms with Gasteiger partial charge in [0.2, 0.25) is 5.95 Å². The molecule has 0 radical (unpaired) electrons. The van der Waals surface area contributed by atoms with Gasteiger partial charge in [0, 0.05) is 16.5 Å². The van der Waals surface area contributed by atoms with E-state index in [9.17, 15) is 31.4 Å². The molecule has 1 aromatic heterocycles. The van der Waals surface area contributed by atoms with E-state index in [1.807, 2.05) is 0 Å². The molecule has 0 atom stereocenters. The average Bonchev–Trinajstić information content (AvgIpc) is 2.74. The second-order valence-electron chi connectivity index (χ2n) is 7.17. The van der Waals surface area contributed by atoms with Crippen LogP contribution < -0.4 is 11.5 Å². The first-order valence-corrected chi connectivity index (χ1v) is 9.30. The Morgan fingerprint density at radius 2 is 1.24 bits per heavy atom. The molecule has 4 aromatic rings. The Hall–Kier alpha value is -4.02. The van der Waals surface area contributed by atoms with Gasteiger partial charge in [0.1, 0.15) is 11.4 Å². The number of hydrogen-bond donors (Lipinski definition) is 3. The quantitative estimate of drug-likeness (QED) is 0.322. The first-order valence-electron chi connectivity index (χ1n) is 9.30. The molecule has 0 aliphatic heterocycles. The molecule has 0 fully saturated rings. The van der Waals surface area contributed by atoms with Crippen molar-refractivity contribution in [1.82, 2.24) is 9.97 Å². The smallest absolute Gasteiger partial charge is 0.416 e. The summed E-state index contributed by atoms with van der Waals surface area (Å²) in [7, 11) is 0. The van der Waals surface area contributed by atoms with Gasteiger partial charge in [-0.05, 0) is 35.7 Å². The van der Waals surface area contributed by atoms with Gasteiger partial charge >= 0.3 is 12.4 Å². The molecule has 0 aliphatic rings. The van der Waals surface area contributed by atoms with E-state index in [1.54, 1.807) is 24.3 Å². The zero-order chi connectivity index (χ0) is 24.1. The molecule has 3 aromatic carbocycles. The number of nitrogens with two attached hydrogens (primary N) is 2. The van der Waals surface area contributed by atoms with E-state index in [0.717, 1.165) is 0 Å². The van der Waals surface area contributed by atoms with Crippen molar-refractivity contribution in [3.63, 3.8) is 0 Å². The Morgan fingerprint density at radius 3 is 1.82 bits per heavy atom. The van der Waals surface area contributed by atoms with Crippen LogP contribution in [0.5, 0.6) is 5.75 Å². The number of nitrogens with zero attached hydrogens (tertiary/aromatic N) is 2. The Labute approximate surface area is 182 Å². The van der Waals surface area contributed by atoms with Crippen LogP contribution in [0.4, 0.5) is 38.0 Å². The highest BCUT2D eigenvalue weighted by Crippen LogP contribution is 2.42. The number of halogens is 6. The van der Waals surface area contributed by atoms with Crippen LogP contribution in [0.15, 0.2) is 54.6 Å². The summed E-state index contributed by atoms with van der Waals surface area (Å²) in [4.78, 5) is 7.90. The maximum atomic E-state index is 13.3. The molecule has 5 nitrogen and oxygen atoms in total. The lowest BCUT2D eigenvalue weighted by Gasteiger charge is -2.17. The molecule has 0 spiro atoms. The van der Waals surface area contributed by atoms with Gasteiger partial charge in [-0.3, -0.25) is 0 Å². The predicted molar refractivity (Wildman–Crippen MR) is 111 cm³/mol. The molecule has 33 heavy (non-hydrogen) atoms. The lowest BCUT2D eigenvalue weighted by Crippen LogP contribution is -2.12. The number of fused-ring (bicyclic) bond motifs is 1. The van der Waals surface area contributed by atoms with Crippen LogP contribution in [0.2, 0.25) is 0 Å². The maximum Gasteiger partial charge on any atom is 0.416 e. The summed E-state index contributed by atoms with van der Waals surface area (Å²) in [5.74, 6) is -0.444. The fourth-order valence-electron chi connectivity index (χ4n) is 3.49. The Bertz CT molecular complexity index is 1350. The molecule has 170 valence electrons. The number of hydrogen-bond acceptors (Lipinski definition) is 5. The number of alkyl halides is 6. The van der Waals surface area contributed by atoms with E-state index in [1.165, 1.54) is 12.1 Å². The molecule has 4 rings (SSSR count). The number of aromatic hydroxyl groups is 1. The van der Waals surface area contributed by atoms with Crippen LogP contribution in [-0.2, 0) is 12.4 Å². The normalized spacial score (nSPS) is 12.3. The topological polar surface area (TPSA) is 98.0 Å². The third kappa shape index (κ3) is 4.09. The number of phenols is 1. The molecule has 0 amide bonds. The van der Waals surface area contributed by atoms with Gasteiger partial charge in [-0.25, -0.2) is 9.97 Å². The van der Waals surface area contributed by atoms with E-state index >= 15 is 0 Å². The monoisotopic (exact) mass is 464 g/mol. The highest BCUT2D eigenvalue weighted by atomic mass is 19.4. The molecule has 11 heteroatoms. The minimum atomic E-state index is -5.04. The van der Waals surface area contributed by atoms with Gasteiger partial charge in [-0.15, -0.1) is 0 Å². The van der Waals surface area contributed by atoms with Crippen molar-refractivity contribution >= 4 is 22.4 Å². The second-order valence-corrected chi connectivity index (χ2v) is 7.17. The predicted octanol–water partition coefficient (Wildman–Crippen LogP) is 5.87. The van der Waals surface area contributed by atoms with Crippen molar-refractivity contribution < 1.29 is 31.4 Å². The van der Waals surface area contributed by atoms with Crippen molar-refractivity contribution in [2.24, 2.45) is 0 Å². The van der Waals surface area contributed by atoms with Crippen LogP contribution in [-0.4, -0.2) is 15.1 Å². The summed E-state index contributed by atoms with van der Waals surface area (Å²) >= 11 is 0. The van der Waals surface area contributed by atoms with Crippen molar-refractivity contribution in [2.75, 3.05) is 11.5 Å². The van der Waals surface area contributed by atoms with Crippen LogP contribution in [0.3, 0.4) is 0 Å². The van der Waals surface area contributed by atoms with Crippen molar-refractivity contribution in [3.8, 4) is 28.3 Å². The fourth-order valence-corrected chi connectivity index (χ4v) is 3.49. The van der Waals surface area contributed by atoms with Crippen LogP contribution >= 0.6 is 0 Å². The van der Waals surface area contributed by atoms with Crippen molar-refractivity contribution in [2.45, 2.75) is 12.4 Å². The summed E-state index contributed by atoms with van der Waals surface area (Å²) < 4.78 is 79.9. The number of rotatable bonds is 2. The highest BCUT2D eigenvalue weighted by molar-refractivity contribution is 6.02. The van der Waals surface area contributed by atoms with E-state index in [-0.39, 0.29) is 28.9 Å². The summed E-state index contributed by atoms with van der Waals surface area (Å²) in [5, 5.41) is 11.0. The second kappa shape index (κ2) is 7.54. The van der Waals surface area contributed by atoms with Gasteiger partial charge in [-0.2, -0.15) is 26.3 Å². The van der Waals surface area contributed by atoms with E-state index in [0.29, 0.717) is 28.5 Å². The molecular weight excluding hydrogens is 450 g/mol. The number of benzene rings is 3. The molecule has 1 heterocycles. The zero-order valence-corrected chi connectivity index (χ0v) is 16.5. The first kappa shape index (κ1) is 22.2. The maximum absolute atomic E-state index is 13.3. The Morgan fingerprint density at radius 1 is 0.697 bits per heavy atom. The number of phenolic OH excluding ortho intramolecular Hbond substituents is 1. The van der Waals surface area contributed by atoms with Crippen LogP contribution in [0.25, 0.3) is 33.3 Å². The average molecular weight is 464 g/mol. The molecular formula is C22H14F6N4O.